The van der Waals surface area contributed by atoms with Gasteiger partial charge in [-0.25, -0.2) is 0 Å². The summed E-state index contributed by atoms with van der Waals surface area (Å²) in [6, 6.07) is 2.89. The van der Waals surface area contributed by atoms with Crippen molar-refractivity contribution in [1.82, 2.24) is 4.98 Å². The predicted molar refractivity (Wildman–Crippen MR) is 44.8 cm³/mol. The summed E-state index contributed by atoms with van der Waals surface area (Å²) < 4.78 is 41.4. The Morgan fingerprint density at radius 1 is 1.36 bits per heavy atom. The molecule has 0 bridgehead atoms. The normalized spacial score (nSPS) is 14.1. The first-order chi connectivity index (χ1) is 6.45. The van der Waals surface area contributed by atoms with Crippen LogP contribution < -0.4 is 0 Å². The van der Waals surface area contributed by atoms with E-state index in [9.17, 15) is 13.2 Å². The number of pyridine rings is 1. The van der Waals surface area contributed by atoms with E-state index in [4.69, 9.17) is 0 Å². The Balaban J connectivity index is 2.96. The lowest BCUT2D eigenvalue weighted by atomic mass is 10.1. The minimum Gasteiger partial charge on any atom is -0.367 e. The molecule has 1 rings (SSSR count). The summed E-state index contributed by atoms with van der Waals surface area (Å²) in [6.07, 6.45) is -5.11. The van der Waals surface area contributed by atoms with Gasteiger partial charge in [0.1, 0.15) is 0 Å². The second-order valence-corrected chi connectivity index (χ2v) is 2.89. The SMILES string of the molecule is COC(c1ccc(C)nc1)C(F)(F)F. The van der Waals surface area contributed by atoms with Crippen LogP contribution in [-0.4, -0.2) is 18.3 Å². The number of nitrogens with zero attached hydrogens (tertiary/aromatic N) is 1. The third kappa shape index (κ3) is 2.45. The first-order valence-corrected chi connectivity index (χ1v) is 3.97. The fourth-order valence-electron chi connectivity index (χ4n) is 1.09. The zero-order chi connectivity index (χ0) is 10.8. The number of rotatable bonds is 2. The summed E-state index contributed by atoms with van der Waals surface area (Å²) in [6.45, 7) is 1.71. The smallest absolute Gasteiger partial charge is 0.367 e. The van der Waals surface area contributed by atoms with Crippen LogP contribution in [-0.2, 0) is 4.74 Å². The van der Waals surface area contributed by atoms with Crippen molar-refractivity contribution in [2.45, 2.75) is 19.2 Å². The highest BCUT2D eigenvalue weighted by atomic mass is 19.4. The fraction of sp³-hybridized carbons (Fsp3) is 0.444. The number of aryl methyl sites for hydroxylation is 1. The van der Waals surface area contributed by atoms with Crippen LogP contribution >= 0.6 is 0 Å². The summed E-state index contributed by atoms with van der Waals surface area (Å²) in [4.78, 5) is 3.78. The van der Waals surface area contributed by atoms with E-state index in [2.05, 4.69) is 9.72 Å². The highest BCUT2D eigenvalue weighted by Crippen LogP contribution is 2.34. The molecule has 0 aromatic carbocycles. The molecular weight excluding hydrogens is 195 g/mol. The minimum atomic E-state index is -4.40. The Morgan fingerprint density at radius 3 is 2.36 bits per heavy atom. The van der Waals surface area contributed by atoms with Crippen LogP contribution in [0.15, 0.2) is 18.3 Å². The van der Waals surface area contributed by atoms with Gasteiger partial charge in [-0.05, 0) is 13.0 Å². The van der Waals surface area contributed by atoms with E-state index < -0.39 is 12.3 Å². The van der Waals surface area contributed by atoms with Gasteiger partial charge in [-0.3, -0.25) is 4.98 Å². The van der Waals surface area contributed by atoms with Gasteiger partial charge in [-0.15, -0.1) is 0 Å². The van der Waals surface area contributed by atoms with E-state index >= 15 is 0 Å². The van der Waals surface area contributed by atoms with Crippen molar-refractivity contribution in [3.8, 4) is 0 Å². The second-order valence-electron chi connectivity index (χ2n) is 2.89. The average Bonchev–Trinajstić information content (AvgIpc) is 2.07. The van der Waals surface area contributed by atoms with Crippen LogP contribution in [0.3, 0.4) is 0 Å². The van der Waals surface area contributed by atoms with Gasteiger partial charge in [-0.2, -0.15) is 13.2 Å². The van der Waals surface area contributed by atoms with Crippen molar-refractivity contribution in [2.75, 3.05) is 7.11 Å². The molecule has 0 amide bonds. The lowest BCUT2D eigenvalue weighted by Gasteiger charge is -2.18. The summed E-state index contributed by atoms with van der Waals surface area (Å²) in [7, 11) is 1.03. The minimum absolute atomic E-state index is 0.0191. The fourth-order valence-corrected chi connectivity index (χ4v) is 1.09. The molecule has 0 spiro atoms. The van der Waals surface area contributed by atoms with Crippen LogP contribution in [0.1, 0.15) is 17.4 Å². The molecule has 0 aliphatic carbocycles. The molecule has 1 aromatic heterocycles. The molecule has 1 aromatic rings. The summed E-state index contributed by atoms with van der Waals surface area (Å²) >= 11 is 0. The van der Waals surface area contributed by atoms with Crippen LogP contribution in [0.2, 0.25) is 0 Å². The Bertz CT molecular complexity index is 294. The van der Waals surface area contributed by atoms with Crippen molar-refractivity contribution < 1.29 is 17.9 Å². The summed E-state index contributed by atoms with van der Waals surface area (Å²) in [5.41, 5.74) is 0.691. The first-order valence-electron chi connectivity index (χ1n) is 3.97. The molecule has 1 heterocycles. The molecule has 78 valence electrons. The number of ether oxygens (including phenoxy) is 1. The number of hydrogen-bond acceptors (Lipinski definition) is 2. The average molecular weight is 205 g/mol. The van der Waals surface area contributed by atoms with Crippen LogP contribution in [0.4, 0.5) is 13.2 Å². The molecule has 0 saturated heterocycles. The zero-order valence-electron chi connectivity index (χ0n) is 7.80. The van der Waals surface area contributed by atoms with Gasteiger partial charge >= 0.3 is 6.18 Å². The van der Waals surface area contributed by atoms with Gasteiger partial charge < -0.3 is 4.74 Å². The van der Waals surface area contributed by atoms with E-state index in [1.54, 1.807) is 6.92 Å². The molecule has 1 unspecified atom stereocenters. The number of aromatic nitrogens is 1. The maximum atomic E-state index is 12.4. The van der Waals surface area contributed by atoms with Crippen molar-refractivity contribution in [3.05, 3.63) is 29.6 Å². The van der Waals surface area contributed by atoms with Gasteiger partial charge in [0.25, 0.3) is 0 Å². The van der Waals surface area contributed by atoms with E-state index in [0.29, 0.717) is 5.69 Å². The number of methoxy groups -OCH3 is 1. The maximum absolute atomic E-state index is 12.4. The standard InChI is InChI=1S/C9H10F3NO/c1-6-3-4-7(5-13-6)8(14-2)9(10,11)12/h3-5,8H,1-2H3. The largest absolute Gasteiger partial charge is 0.418 e. The molecule has 14 heavy (non-hydrogen) atoms. The van der Waals surface area contributed by atoms with Crippen molar-refractivity contribution in [1.29, 1.82) is 0 Å². The molecule has 1 atom stereocenters. The van der Waals surface area contributed by atoms with Crippen LogP contribution in [0, 0.1) is 6.92 Å². The molecular formula is C9H10F3NO. The Kier molecular flexibility index (Phi) is 3.10. The monoisotopic (exact) mass is 205 g/mol. The van der Waals surface area contributed by atoms with Gasteiger partial charge in [0.05, 0.1) is 0 Å². The van der Waals surface area contributed by atoms with E-state index in [1.165, 1.54) is 18.3 Å². The predicted octanol–water partition coefficient (Wildman–Crippen LogP) is 2.64. The highest BCUT2D eigenvalue weighted by molar-refractivity contribution is 5.17. The second kappa shape index (κ2) is 3.96. The lowest BCUT2D eigenvalue weighted by Crippen LogP contribution is -2.22. The summed E-state index contributed by atoms with van der Waals surface area (Å²) in [5, 5.41) is 0. The van der Waals surface area contributed by atoms with Gasteiger partial charge in [0.15, 0.2) is 6.10 Å². The number of halogens is 3. The van der Waals surface area contributed by atoms with Gasteiger partial charge in [0.2, 0.25) is 0 Å². The molecule has 5 heteroatoms. The van der Waals surface area contributed by atoms with E-state index in [1.807, 2.05) is 0 Å². The molecule has 0 N–H and O–H groups in total. The zero-order valence-corrected chi connectivity index (χ0v) is 7.80. The number of hydrogen-bond donors (Lipinski definition) is 0. The van der Waals surface area contributed by atoms with E-state index in [0.717, 1.165) is 7.11 Å². The Hall–Kier alpha value is -1.10. The molecule has 0 saturated carbocycles. The summed E-state index contributed by atoms with van der Waals surface area (Å²) in [5.74, 6) is 0. The third-order valence-electron chi connectivity index (χ3n) is 1.77. The van der Waals surface area contributed by atoms with E-state index in [-0.39, 0.29) is 5.56 Å². The topological polar surface area (TPSA) is 22.1 Å². The molecule has 0 fully saturated rings. The molecule has 2 nitrogen and oxygen atoms in total. The maximum Gasteiger partial charge on any atom is 0.418 e. The third-order valence-corrected chi connectivity index (χ3v) is 1.77. The van der Waals surface area contributed by atoms with Crippen molar-refractivity contribution in [3.63, 3.8) is 0 Å². The Labute approximate surface area is 79.7 Å². The highest BCUT2D eigenvalue weighted by Gasteiger charge is 2.41. The number of alkyl halides is 3. The van der Waals surface area contributed by atoms with Crippen LogP contribution in [0.25, 0.3) is 0 Å². The van der Waals surface area contributed by atoms with Gasteiger partial charge in [-0.1, -0.05) is 6.07 Å². The quantitative estimate of drug-likeness (QED) is 0.740. The lowest BCUT2D eigenvalue weighted by molar-refractivity contribution is -0.216. The molecule has 0 aliphatic heterocycles. The van der Waals surface area contributed by atoms with Crippen molar-refractivity contribution in [2.24, 2.45) is 0 Å². The molecule has 0 aliphatic rings. The van der Waals surface area contributed by atoms with Gasteiger partial charge in [0, 0.05) is 24.6 Å². The first kappa shape index (κ1) is 11.0. The molecule has 0 radical (unpaired) electrons. The van der Waals surface area contributed by atoms with Crippen molar-refractivity contribution >= 4 is 0 Å². The Morgan fingerprint density at radius 2 is 2.00 bits per heavy atom. The van der Waals surface area contributed by atoms with Crippen LogP contribution in [0.5, 0.6) is 0 Å².